The number of carbonyl (C=O) groups is 1. The minimum absolute atomic E-state index is 0.0979. The number of hydrogen-bond acceptors (Lipinski definition) is 3. The number of H-pyrrole nitrogens is 1. The lowest BCUT2D eigenvalue weighted by Gasteiger charge is -2.34. The molecule has 2 heterocycles. The summed E-state index contributed by atoms with van der Waals surface area (Å²) in [5.41, 5.74) is 2.67. The molecule has 1 aliphatic heterocycles. The first-order valence-corrected chi connectivity index (χ1v) is 10.0. The van der Waals surface area contributed by atoms with Crippen molar-refractivity contribution in [3.05, 3.63) is 75.7 Å². The van der Waals surface area contributed by atoms with E-state index in [1.54, 1.807) is 41.3 Å². The van der Waals surface area contributed by atoms with Crippen LogP contribution in [0.25, 0.3) is 11.3 Å². The van der Waals surface area contributed by atoms with Gasteiger partial charge in [-0.25, -0.2) is 4.39 Å². The van der Waals surface area contributed by atoms with Gasteiger partial charge in [-0.3, -0.25) is 14.8 Å². The van der Waals surface area contributed by atoms with Crippen LogP contribution in [0.4, 0.5) is 4.39 Å². The summed E-state index contributed by atoms with van der Waals surface area (Å²) >= 11 is 12.2. The molecule has 1 aliphatic rings. The standard InChI is InChI=1S/C21H19Cl2FN4O/c22-15-4-5-17(18(23)11-15)19-12-20(26-25-19)21(29)28-8-6-27(7-9-28)13-14-2-1-3-16(24)10-14/h1-5,10-12H,6-9,13H2,(H,25,26). The summed E-state index contributed by atoms with van der Waals surface area (Å²) < 4.78 is 13.4. The number of carbonyl (C=O) groups excluding carboxylic acids is 1. The summed E-state index contributed by atoms with van der Waals surface area (Å²) in [7, 11) is 0. The second kappa shape index (κ2) is 8.53. The molecule has 2 aromatic carbocycles. The van der Waals surface area contributed by atoms with E-state index in [4.69, 9.17) is 23.2 Å². The Morgan fingerprint density at radius 1 is 1.07 bits per heavy atom. The van der Waals surface area contributed by atoms with Crippen molar-refractivity contribution < 1.29 is 9.18 Å². The van der Waals surface area contributed by atoms with E-state index in [-0.39, 0.29) is 11.7 Å². The van der Waals surface area contributed by atoms with Gasteiger partial charge in [0.05, 0.1) is 10.7 Å². The normalized spacial score (nSPS) is 14.9. The lowest BCUT2D eigenvalue weighted by atomic mass is 10.1. The van der Waals surface area contributed by atoms with Crippen molar-refractivity contribution in [2.45, 2.75) is 6.54 Å². The lowest BCUT2D eigenvalue weighted by Crippen LogP contribution is -2.48. The van der Waals surface area contributed by atoms with Crippen molar-refractivity contribution in [1.29, 1.82) is 0 Å². The Kier molecular flexibility index (Phi) is 5.85. The third-order valence-corrected chi connectivity index (χ3v) is 5.52. The monoisotopic (exact) mass is 432 g/mol. The number of nitrogens with zero attached hydrogens (tertiary/aromatic N) is 3. The third-order valence-electron chi connectivity index (χ3n) is 4.97. The Bertz CT molecular complexity index is 1030. The molecule has 1 fully saturated rings. The number of aromatic amines is 1. The summed E-state index contributed by atoms with van der Waals surface area (Å²) in [6.07, 6.45) is 0. The number of hydrogen-bond donors (Lipinski definition) is 1. The molecule has 1 N–H and O–H groups in total. The van der Waals surface area contributed by atoms with E-state index >= 15 is 0 Å². The number of benzene rings is 2. The first kappa shape index (κ1) is 19.9. The Morgan fingerprint density at radius 2 is 1.86 bits per heavy atom. The largest absolute Gasteiger partial charge is 0.335 e. The molecule has 0 unspecified atom stereocenters. The maximum Gasteiger partial charge on any atom is 0.271 e. The van der Waals surface area contributed by atoms with Crippen LogP contribution >= 0.6 is 23.2 Å². The van der Waals surface area contributed by atoms with E-state index in [2.05, 4.69) is 15.1 Å². The average Bonchev–Trinajstić information content (AvgIpc) is 3.18. The topological polar surface area (TPSA) is 52.2 Å². The predicted molar refractivity (Wildman–Crippen MR) is 112 cm³/mol. The molecule has 3 aromatic rings. The molecule has 29 heavy (non-hydrogen) atoms. The van der Waals surface area contributed by atoms with E-state index in [1.807, 2.05) is 6.07 Å². The molecule has 5 nitrogen and oxygen atoms in total. The molecule has 4 rings (SSSR count). The molecule has 1 amide bonds. The van der Waals surface area contributed by atoms with Gasteiger partial charge < -0.3 is 4.90 Å². The van der Waals surface area contributed by atoms with Gasteiger partial charge in [-0.1, -0.05) is 35.3 Å². The molecule has 0 saturated carbocycles. The van der Waals surface area contributed by atoms with Crippen molar-refractivity contribution in [2.24, 2.45) is 0 Å². The molecule has 8 heteroatoms. The molecule has 0 bridgehead atoms. The van der Waals surface area contributed by atoms with Crippen molar-refractivity contribution in [3.8, 4) is 11.3 Å². The quantitative estimate of drug-likeness (QED) is 0.660. The number of nitrogens with one attached hydrogen (secondary N) is 1. The number of aromatic nitrogens is 2. The van der Waals surface area contributed by atoms with Crippen LogP contribution in [0, 0.1) is 5.82 Å². The van der Waals surface area contributed by atoms with Gasteiger partial charge in [-0.2, -0.15) is 5.10 Å². The minimum atomic E-state index is -0.229. The summed E-state index contributed by atoms with van der Waals surface area (Å²) in [6.45, 7) is 3.33. The molecule has 1 saturated heterocycles. The van der Waals surface area contributed by atoms with Crippen molar-refractivity contribution in [1.82, 2.24) is 20.0 Å². The SMILES string of the molecule is O=C(c1cc(-c2ccc(Cl)cc2Cl)n[nH]1)N1CCN(Cc2cccc(F)c2)CC1. The molecular formula is C21H19Cl2FN4O. The van der Waals surface area contributed by atoms with Gasteiger partial charge >= 0.3 is 0 Å². The second-order valence-electron chi connectivity index (χ2n) is 6.99. The highest BCUT2D eigenvalue weighted by molar-refractivity contribution is 6.36. The predicted octanol–water partition coefficient (Wildman–Crippen LogP) is 4.48. The Labute approximate surface area is 178 Å². The number of amides is 1. The lowest BCUT2D eigenvalue weighted by molar-refractivity contribution is 0.0622. The first-order valence-electron chi connectivity index (χ1n) is 9.26. The Balaban J connectivity index is 1.38. The van der Waals surface area contributed by atoms with E-state index < -0.39 is 0 Å². The van der Waals surface area contributed by atoms with Crippen molar-refractivity contribution in [3.63, 3.8) is 0 Å². The fourth-order valence-corrected chi connectivity index (χ4v) is 3.94. The first-order chi connectivity index (χ1) is 14.0. The smallest absolute Gasteiger partial charge is 0.271 e. The van der Waals surface area contributed by atoms with Gasteiger partial charge in [0.15, 0.2) is 0 Å². The van der Waals surface area contributed by atoms with Crippen LogP contribution in [0.1, 0.15) is 16.1 Å². The molecule has 0 atom stereocenters. The fourth-order valence-electron chi connectivity index (χ4n) is 3.44. The third kappa shape index (κ3) is 4.61. The van der Waals surface area contributed by atoms with Crippen LogP contribution in [0.5, 0.6) is 0 Å². The van der Waals surface area contributed by atoms with Crippen molar-refractivity contribution >= 4 is 29.1 Å². The number of rotatable bonds is 4. The number of piperazine rings is 1. The molecule has 1 aromatic heterocycles. The van der Waals surface area contributed by atoms with E-state index in [1.165, 1.54) is 6.07 Å². The average molecular weight is 433 g/mol. The van der Waals surface area contributed by atoms with Crippen LogP contribution in [-0.2, 0) is 6.54 Å². The molecule has 0 spiro atoms. The highest BCUT2D eigenvalue weighted by Crippen LogP contribution is 2.29. The molecule has 0 radical (unpaired) electrons. The van der Waals surface area contributed by atoms with Crippen LogP contribution < -0.4 is 0 Å². The van der Waals surface area contributed by atoms with E-state index in [0.717, 1.165) is 18.7 Å². The minimum Gasteiger partial charge on any atom is -0.335 e. The zero-order chi connectivity index (χ0) is 20.4. The van der Waals surface area contributed by atoms with Gasteiger partial charge in [-0.05, 0) is 42.0 Å². The van der Waals surface area contributed by atoms with Crippen molar-refractivity contribution in [2.75, 3.05) is 26.2 Å². The number of halogens is 3. The van der Waals surface area contributed by atoms with E-state index in [0.29, 0.717) is 46.6 Å². The zero-order valence-corrected chi connectivity index (χ0v) is 17.0. The van der Waals surface area contributed by atoms with Crippen LogP contribution in [0.15, 0.2) is 48.5 Å². The van der Waals surface area contributed by atoms with Gasteiger partial charge in [0, 0.05) is 43.3 Å². The molecule has 0 aliphatic carbocycles. The summed E-state index contributed by atoms with van der Waals surface area (Å²) in [4.78, 5) is 16.8. The van der Waals surface area contributed by atoms with E-state index in [9.17, 15) is 9.18 Å². The highest BCUT2D eigenvalue weighted by atomic mass is 35.5. The van der Waals surface area contributed by atoms with Crippen LogP contribution in [0.3, 0.4) is 0 Å². The molecular weight excluding hydrogens is 414 g/mol. The van der Waals surface area contributed by atoms with Gasteiger partial charge in [0.25, 0.3) is 5.91 Å². The van der Waals surface area contributed by atoms with Gasteiger partial charge in [0.2, 0.25) is 0 Å². The maximum atomic E-state index is 13.4. The summed E-state index contributed by atoms with van der Waals surface area (Å²) in [6, 6.07) is 13.5. The second-order valence-corrected chi connectivity index (χ2v) is 7.83. The molecule has 150 valence electrons. The Morgan fingerprint density at radius 3 is 2.59 bits per heavy atom. The zero-order valence-electron chi connectivity index (χ0n) is 15.5. The summed E-state index contributed by atoms with van der Waals surface area (Å²) in [5, 5.41) is 8.06. The van der Waals surface area contributed by atoms with Gasteiger partial charge in [-0.15, -0.1) is 0 Å². The van der Waals surface area contributed by atoms with Gasteiger partial charge in [0.1, 0.15) is 11.5 Å². The summed E-state index contributed by atoms with van der Waals surface area (Å²) in [5.74, 6) is -0.327. The highest BCUT2D eigenvalue weighted by Gasteiger charge is 2.24. The Hall–Kier alpha value is -2.41. The van der Waals surface area contributed by atoms with Crippen LogP contribution in [0.2, 0.25) is 10.0 Å². The fraction of sp³-hybridized carbons (Fsp3) is 0.238. The van der Waals surface area contributed by atoms with Crippen LogP contribution in [-0.4, -0.2) is 52.1 Å². The maximum absolute atomic E-state index is 13.4.